The van der Waals surface area contributed by atoms with Crippen molar-refractivity contribution in [3.8, 4) is 0 Å². The zero-order chi connectivity index (χ0) is 19.9. The third-order valence-electron chi connectivity index (χ3n) is 2.71. The quantitative estimate of drug-likeness (QED) is 0.144. The van der Waals surface area contributed by atoms with Gasteiger partial charge in [0, 0.05) is 0 Å². The largest absolute Gasteiger partial charge is 0.114 e. The number of thiocarbonyl (C=S) groups is 1. The summed E-state index contributed by atoms with van der Waals surface area (Å²) in [5.41, 5.74) is 0. The van der Waals surface area contributed by atoms with Crippen LogP contribution in [0.15, 0.2) is 9.79 Å². The van der Waals surface area contributed by atoms with Gasteiger partial charge >= 0.3 is 0 Å². The fourth-order valence-corrected chi connectivity index (χ4v) is 6.77. The van der Waals surface area contributed by atoms with E-state index in [1.807, 2.05) is 0 Å². The summed E-state index contributed by atoms with van der Waals surface area (Å²) in [6.07, 6.45) is 0. The number of hydrogen-bond donors (Lipinski definition) is 0. The second-order valence-corrected chi connectivity index (χ2v) is 11.3. The van der Waals surface area contributed by atoms with E-state index >= 15 is 0 Å². The average Bonchev–Trinajstić information content (AvgIpc) is 2.62. The molecule has 0 nitrogen and oxygen atoms in total. The highest BCUT2D eigenvalue weighted by Crippen LogP contribution is 2.52. The first-order valence-corrected chi connectivity index (χ1v) is 11.7. The molecule has 0 N–H and O–H groups in total. The predicted octanol–water partition coefficient (Wildman–Crippen LogP) is 11.4. The summed E-state index contributed by atoms with van der Waals surface area (Å²) >= 11 is 68.3. The minimum atomic E-state index is 0.0496. The topological polar surface area (TPSA) is 0 Å². The van der Waals surface area contributed by atoms with Gasteiger partial charge in [-0.25, -0.2) is 0 Å². The van der Waals surface area contributed by atoms with Crippen molar-refractivity contribution in [2.75, 3.05) is 0 Å². The maximum Gasteiger partial charge on any atom is 0.114 e. The first-order valence-electron chi connectivity index (χ1n) is 5.91. The van der Waals surface area contributed by atoms with E-state index in [0.29, 0.717) is 13.3 Å². The summed E-state index contributed by atoms with van der Waals surface area (Å²) in [6.45, 7) is 0. The van der Waals surface area contributed by atoms with Gasteiger partial charge in [0.05, 0.1) is 60.0 Å². The van der Waals surface area contributed by atoms with Gasteiger partial charge in [0.2, 0.25) is 0 Å². The van der Waals surface area contributed by atoms with Gasteiger partial charge in [0.1, 0.15) is 3.53 Å². The van der Waals surface area contributed by atoms with Crippen LogP contribution in [0.3, 0.4) is 0 Å². The Bertz CT molecular complexity index is 796. The Labute approximate surface area is 212 Å². The molecule has 0 amide bonds. The van der Waals surface area contributed by atoms with Crippen LogP contribution in [0.1, 0.15) is 0 Å². The van der Waals surface area contributed by atoms with Crippen molar-refractivity contribution < 1.29 is 0 Å². The van der Waals surface area contributed by atoms with E-state index in [9.17, 15) is 0 Å². The standard InChI is InChI=1S/C13Cl10S3/c14-1-3(16)7(20)11(8(21)4(1)17)25-13(24)26-12-9(22)5(18)2(15)6(19)10(12)23. The van der Waals surface area contributed by atoms with Gasteiger partial charge < -0.3 is 0 Å². The molecule has 0 spiro atoms. The molecule has 0 heterocycles. The van der Waals surface area contributed by atoms with Crippen molar-refractivity contribution in [1.29, 1.82) is 0 Å². The molecule has 0 saturated heterocycles. The fourth-order valence-electron chi connectivity index (χ4n) is 1.54. The molecule has 2 aromatic carbocycles. The zero-order valence-electron chi connectivity index (χ0n) is 11.5. The highest BCUT2D eigenvalue weighted by atomic mass is 35.5. The number of hydrogen-bond acceptors (Lipinski definition) is 3. The fraction of sp³-hybridized carbons (Fsp3) is 0. The van der Waals surface area contributed by atoms with Crippen molar-refractivity contribution in [2.45, 2.75) is 9.79 Å². The van der Waals surface area contributed by atoms with Crippen LogP contribution < -0.4 is 0 Å². The van der Waals surface area contributed by atoms with E-state index in [2.05, 4.69) is 0 Å². The Morgan fingerprint density at radius 2 is 0.615 bits per heavy atom. The molecule has 26 heavy (non-hydrogen) atoms. The number of rotatable bonds is 2. The van der Waals surface area contributed by atoms with E-state index in [0.717, 1.165) is 23.5 Å². The van der Waals surface area contributed by atoms with Crippen LogP contribution in [0.5, 0.6) is 0 Å². The summed E-state index contributed by atoms with van der Waals surface area (Å²) in [6, 6.07) is 0. The van der Waals surface area contributed by atoms with Gasteiger partial charge in [0.15, 0.2) is 0 Å². The molecule has 0 fully saturated rings. The van der Waals surface area contributed by atoms with Crippen LogP contribution in [0.2, 0.25) is 50.2 Å². The van der Waals surface area contributed by atoms with E-state index < -0.39 is 0 Å². The highest BCUT2D eigenvalue weighted by molar-refractivity contribution is 8.47. The monoisotopic (exact) mass is 602 g/mol. The molecule has 0 aliphatic rings. The molecule has 140 valence electrons. The first kappa shape index (κ1) is 24.4. The van der Waals surface area contributed by atoms with Gasteiger partial charge in [-0.2, -0.15) is 0 Å². The molecule has 2 aromatic rings. The van der Waals surface area contributed by atoms with Crippen molar-refractivity contribution in [3.05, 3.63) is 50.2 Å². The SMILES string of the molecule is S=C(Sc1c(Cl)c(Cl)c(Cl)c(Cl)c1Cl)Sc1c(Cl)c(Cl)c(Cl)c(Cl)c1Cl. The van der Waals surface area contributed by atoms with E-state index in [1.54, 1.807) is 0 Å². The molecule has 0 aliphatic carbocycles. The molecule has 0 saturated carbocycles. The molecule has 0 unspecified atom stereocenters. The predicted molar refractivity (Wildman–Crippen MR) is 127 cm³/mol. The number of benzene rings is 2. The van der Waals surface area contributed by atoms with E-state index in [1.165, 1.54) is 0 Å². The highest BCUT2D eigenvalue weighted by Gasteiger charge is 2.24. The van der Waals surface area contributed by atoms with Crippen LogP contribution in [0, 0.1) is 0 Å². The maximum absolute atomic E-state index is 6.20. The van der Waals surface area contributed by atoms with Crippen molar-refractivity contribution >= 4 is 155 Å². The van der Waals surface area contributed by atoms with Gasteiger partial charge in [-0.3, -0.25) is 0 Å². The molecule has 13 heteroatoms. The Balaban J connectivity index is 2.41. The summed E-state index contributed by atoms with van der Waals surface area (Å²) in [5.74, 6) is 0. The Morgan fingerprint density at radius 3 is 0.846 bits per heavy atom. The van der Waals surface area contributed by atoms with Gasteiger partial charge in [-0.05, 0) is 0 Å². The van der Waals surface area contributed by atoms with Gasteiger partial charge in [-0.15, -0.1) is 0 Å². The second kappa shape index (κ2) is 9.96. The normalized spacial score (nSPS) is 11.2. The van der Waals surface area contributed by atoms with Gasteiger partial charge in [0.25, 0.3) is 0 Å². The van der Waals surface area contributed by atoms with Crippen molar-refractivity contribution in [1.82, 2.24) is 0 Å². The van der Waals surface area contributed by atoms with Gasteiger partial charge in [-0.1, -0.05) is 152 Å². The molecule has 0 atom stereocenters. The molecular weight excluding hydrogens is 607 g/mol. The lowest BCUT2D eigenvalue weighted by molar-refractivity contribution is 1.47. The van der Waals surface area contributed by atoms with Crippen LogP contribution in [-0.4, -0.2) is 3.53 Å². The second-order valence-electron chi connectivity index (χ2n) is 4.25. The summed E-state index contributed by atoms with van der Waals surface area (Å²) in [5, 5.41) is 0.803. The van der Waals surface area contributed by atoms with Crippen molar-refractivity contribution in [3.63, 3.8) is 0 Å². The Hall–Kier alpha value is 2.13. The molecule has 0 radical (unpaired) electrons. The summed E-state index contributed by atoms with van der Waals surface area (Å²) in [7, 11) is 0. The first-order chi connectivity index (χ1) is 12.0. The number of halogens is 10. The molecular formula is C13Cl10S3. The van der Waals surface area contributed by atoms with Crippen LogP contribution in [0.25, 0.3) is 0 Å². The third kappa shape index (κ3) is 4.88. The van der Waals surface area contributed by atoms with E-state index in [4.69, 9.17) is 128 Å². The van der Waals surface area contributed by atoms with E-state index in [-0.39, 0.29) is 50.2 Å². The lowest BCUT2D eigenvalue weighted by Crippen LogP contribution is -1.90. The molecule has 2 rings (SSSR count). The molecule has 0 bridgehead atoms. The average molecular weight is 607 g/mol. The maximum atomic E-state index is 6.20. The smallest absolute Gasteiger partial charge is 0.0813 e. The third-order valence-corrected chi connectivity index (χ3v) is 10.3. The number of thioether (sulfide) groups is 2. The van der Waals surface area contributed by atoms with Crippen LogP contribution >= 0.6 is 152 Å². The lowest BCUT2D eigenvalue weighted by Gasteiger charge is -2.14. The van der Waals surface area contributed by atoms with Crippen molar-refractivity contribution in [2.24, 2.45) is 0 Å². The Morgan fingerprint density at radius 1 is 0.423 bits per heavy atom. The summed E-state index contributed by atoms with van der Waals surface area (Å²) in [4.78, 5) is 0.673. The minimum absolute atomic E-state index is 0.0496. The van der Waals surface area contributed by atoms with Crippen LogP contribution in [0.4, 0.5) is 0 Å². The minimum Gasteiger partial charge on any atom is -0.0813 e. The summed E-state index contributed by atoms with van der Waals surface area (Å²) < 4.78 is 0.321. The zero-order valence-corrected chi connectivity index (χ0v) is 21.5. The Kier molecular flexibility index (Phi) is 9.35. The molecule has 0 aromatic heterocycles. The lowest BCUT2D eigenvalue weighted by atomic mass is 10.3. The van der Waals surface area contributed by atoms with Crippen LogP contribution in [-0.2, 0) is 0 Å². The molecule has 0 aliphatic heterocycles.